The Balaban J connectivity index is 1.20. The second-order valence-electron chi connectivity index (χ2n) is 9.74. The largest absolute Gasteiger partial charge is 0.497 e. The second kappa shape index (κ2) is 13.2. The third-order valence-electron chi connectivity index (χ3n) is 6.89. The Morgan fingerprint density at radius 3 is 2.12 bits per heavy atom. The molecule has 0 aliphatic rings. The Labute approximate surface area is 253 Å². The quantitative estimate of drug-likeness (QED) is 0.169. The molecule has 6 rings (SSSR count). The van der Waals surface area contributed by atoms with E-state index in [4.69, 9.17) is 9.15 Å². The molecule has 0 unspecified atom stereocenters. The molecule has 0 fully saturated rings. The molecule has 0 aliphatic heterocycles. The number of hydrogen-bond acceptors (Lipinski definition) is 7. The van der Waals surface area contributed by atoms with Crippen molar-refractivity contribution >= 4 is 17.7 Å². The van der Waals surface area contributed by atoms with Crippen molar-refractivity contribution in [2.24, 2.45) is 0 Å². The monoisotopic (exact) mass is 587 g/mol. The Morgan fingerprint density at radius 2 is 1.49 bits per heavy atom. The Bertz CT molecular complexity index is 1730. The molecular formula is C34H29N5O3S. The van der Waals surface area contributed by atoms with E-state index in [1.54, 1.807) is 7.11 Å². The molecule has 1 N–H and O–H groups in total. The zero-order chi connectivity index (χ0) is 29.4. The lowest BCUT2D eigenvalue weighted by atomic mass is 9.98. The minimum absolute atomic E-state index is 0.217. The van der Waals surface area contributed by atoms with Crippen LogP contribution in [0.3, 0.4) is 0 Å². The summed E-state index contributed by atoms with van der Waals surface area (Å²) >= 11 is 1.44. The van der Waals surface area contributed by atoms with Gasteiger partial charge in [-0.05, 0) is 41.0 Å². The summed E-state index contributed by atoms with van der Waals surface area (Å²) in [7, 11) is 1.64. The Morgan fingerprint density at radius 1 is 0.860 bits per heavy atom. The number of nitrogens with zero attached hydrogens (tertiary/aromatic N) is 4. The molecule has 0 spiro atoms. The number of carbonyl (C=O) groups is 1. The van der Waals surface area contributed by atoms with Crippen molar-refractivity contribution in [2.45, 2.75) is 23.4 Å². The summed E-state index contributed by atoms with van der Waals surface area (Å²) in [6.07, 6.45) is 2.01. The molecule has 0 radical (unpaired) electrons. The topological polar surface area (TPSA) is 95.1 Å². The van der Waals surface area contributed by atoms with E-state index >= 15 is 0 Å². The van der Waals surface area contributed by atoms with Crippen LogP contribution >= 0.6 is 11.8 Å². The molecule has 8 nitrogen and oxygen atoms in total. The van der Waals surface area contributed by atoms with Crippen LogP contribution in [0.1, 0.15) is 44.9 Å². The van der Waals surface area contributed by atoms with Gasteiger partial charge in [0.1, 0.15) is 17.8 Å². The molecule has 214 valence electrons. The van der Waals surface area contributed by atoms with E-state index in [2.05, 4.69) is 32.6 Å². The summed E-state index contributed by atoms with van der Waals surface area (Å²) in [5.74, 6) is 2.04. The SMILES string of the molecule is COc1ccc(-n2c(Cc3ccccc3)nnc2SCc2nc(C(=O)NC(c3ccccc3)c3ccccc3)co2)cc1. The van der Waals surface area contributed by atoms with Crippen LogP contribution in [0.4, 0.5) is 0 Å². The van der Waals surface area contributed by atoms with Crippen LogP contribution in [0, 0.1) is 0 Å². The van der Waals surface area contributed by atoms with Crippen LogP contribution in [0.2, 0.25) is 0 Å². The average molecular weight is 588 g/mol. The van der Waals surface area contributed by atoms with Gasteiger partial charge in [-0.1, -0.05) is 103 Å². The summed E-state index contributed by atoms with van der Waals surface area (Å²) in [6, 6.07) is 37.3. The molecular weight excluding hydrogens is 558 g/mol. The van der Waals surface area contributed by atoms with Gasteiger partial charge < -0.3 is 14.5 Å². The van der Waals surface area contributed by atoms with Gasteiger partial charge in [0, 0.05) is 12.1 Å². The maximum absolute atomic E-state index is 13.3. The number of amides is 1. The smallest absolute Gasteiger partial charge is 0.273 e. The normalized spacial score (nSPS) is 11.0. The van der Waals surface area contributed by atoms with Crippen molar-refractivity contribution in [3.63, 3.8) is 0 Å². The fraction of sp³-hybridized carbons (Fsp3) is 0.118. The average Bonchev–Trinajstić information content (AvgIpc) is 3.71. The fourth-order valence-corrected chi connectivity index (χ4v) is 5.56. The zero-order valence-corrected chi connectivity index (χ0v) is 24.3. The number of nitrogens with one attached hydrogen (secondary N) is 1. The zero-order valence-electron chi connectivity index (χ0n) is 23.5. The second-order valence-corrected chi connectivity index (χ2v) is 10.7. The molecule has 43 heavy (non-hydrogen) atoms. The molecule has 9 heteroatoms. The van der Waals surface area contributed by atoms with E-state index in [1.807, 2.05) is 108 Å². The number of ether oxygens (including phenoxy) is 1. The van der Waals surface area contributed by atoms with Gasteiger partial charge in [-0.2, -0.15) is 0 Å². The molecule has 4 aromatic carbocycles. The lowest BCUT2D eigenvalue weighted by molar-refractivity contribution is 0.0938. The van der Waals surface area contributed by atoms with Gasteiger partial charge in [-0.15, -0.1) is 10.2 Å². The van der Waals surface area contributed by atoms with E-state index in [0.29, 0.717) is 23.2 Å². The van der Waals surface area contributed by atoms with Crippen LogP contribution < -0.4 is 10.1 Å². The number of aromatic nitrogens is 4. The van der Waals surface area contributed by atoms with E-state index in [1.165, 1.54) is 18.0 Å². The van der Waals surface area contributed by atoms with E-state index in [9.17, 15) is 4.79 Å². The van der Waals surface area contributed by atoms with Crippen molar-refractivity contribution in [3.8, 4) is 11.4 Å². The number of rotatable bonds is 11. The van der Waals surface area contributed by atoms with Crippen LogP contribution in [-0.4, -0.2) is 32.8 Å². The van der Waals surface area contributed by atoms with Gasteiger partial charge in [0.05, 0.1) is 18.9 Å². The third kappa shape index (κ3) is 6.68. The first-order chi connectivity index (χ1) is 21.2. The summed E-state index contributed by atoms with van der Waals surface area (Å²) in [5, 5.41) is 12.8. The first kappa shape index (κ1) is 28.0. The molecule has 2 heterocycles. The minimum Gasteiger partial charge on any atom is -0.497 e. The molecule has 1 amide bonds. The van der Waals surface area contributed by atoms with Crippen LogP contribution in [0.15, 0.2) is 131 Å². The number of hydrogen-bond donors (Lipinski definition) is 1. The standard InChI is InChI=1S/C34H29N5O3S/c1-41-28-19-17-27(18-20-28)39-30(21-24-11-5-2-6-12-24)37-38-34(39)43-23-31-35-29(22-42-31)33(40)36-32(25-13-7-3-8-14-25)26-15-9-4-10-16-26/h2-20,22,32H,21,23H2,1H3,(H,36,40). The molecule has 0 atom stereocenters. The molecule has 0 saturated heterocycles. The summed E-state index contributed by atoms with van der Waals surface area (Å²) in [6.45, 7) is 0. The van der Waals surface area contributed by atoms with Gasteiger partial charge >= 0.3 is 0 Å². The maximum atomic E-state index is 13.3. The molecule has 0 saturated carbocycles. The van der Waals surface area contributed by atoms with Crippen LogP contribution in [0.5, 0.6) is 5.75 Å². The first-order valence-corrected chi connectivity index (χ1v) is 14.8. The third-order valence-corrected chi connectivity index (χ3v) is 7.80. The molecule has 6 aromatic rings. The van der Waals surface area contributed by atoms with Crippen molar-refractivity contribution in [3.05, 3.63) is 156 Å². The van der Waals surface area contributed by atoms with E-state index in [-0.39, 0.29) is 17.6 Å². The highest BCUT2D eigenvalue weighted by molar-refractivity contribution is 7.98. The predicted octanol–water partition coefficient (Wildman–Crippen LogP) is 6.67. The number of methoxy groups -OCH3 is 1. The highest BCUT2D eigenvalue weighted by atomic mass is 32.2. The highest BCUT2D eigenvalue weighted by Gasteiger charge is 2.21. The first-order valence-electron chi connectivity index (χ1n) is 13.8. The van der Waals surface area contributed by atoms with Crippen molar-refractivity contribution in [2.75, 3.05) is 7.11 Å². The van der Waals surface area contributed by atoms with Gasteiger partial charge in [0.2, 0.25) is 5.89 Å². The molecule has 2 aromatic heterocycles. The van der Waals surface area contributed by atoms with Gasteiger partial charge in [0.15, 0.2) is 10.9 Å². The van der Waals surface area contributed by atoms with Crippen molar-refractivity contribution in [1.82, 2.24) is 25.1 Å². The van der Waals surface area contributed by atoms with E-state index < -0.39 is 0 Å². The number of thioether (sulfide) groups is 1. The van der Waals surface area contributed by atoms with E-state index in [0.717, 1.165) is 34.0 Å². The lowest BCUT2D eigenvalue weighted by Gasteiger charge is -2.19. The maximum Gasteiger partial charge on any atom is 0.273 e. The summed E-state index contributed by atoms with van der Waals surface area (Å²) in [5.41, 5.74) is 4.22. The van der Waals surface area contributed by atoms with Gasteiger partial charge in [0.25, 0.3) is 5.91 Å². The minimum atomic E-state index is -0.324. The number of benzene rings is 4. The van der Waals surface area contributed by atoms with Gasteiger partial charge in [-0.25, -0.2) is 4.98 Å². The number of oxazole rings is 1. The van der Waals surface area contributed by atoms with Crippen molar-refractivity contribution < 1.29 is 13.9 Å². The highest BCUT2D eigenvalue weighted by Crippen LogP contribution is 2.28. The van der Waals surface area contributed by atoms with Gasteiger partial charge in [-0.3, -0.25) is 9.36 Å². The van der Waals surface area contributed by atoms with Crippen molar-refractivity contribution in [1.29, 1.82) is 0 Å². The summed E-state index contributed by atoms with van der Waals surface area (Å²) < 4.78 is 13.1. The Kier molecular flexibility index (Phi) is 8.61. The predicted molar refractivity (Wildman–Crippen MR) is 165 cm³/mol. The van der Waals surface area contributed by atoms with Crippen LogP contribution in [-0.2, 0) is 12.2 Å². The molecule has 0 aliphatic carbocycles. The summed E-state index contributed by atoms with van der Waals surface area (Å²) in [4.78, 5) is 17.8. The van der Waals surface area contributed by atoms with Crippen LogP contribution in [0.25, 0.3) is 5.69 Å². The Hall–Kier alpha value is -5.15. The molecule has 0 bridgehead atoms. The number of carbonyl (C=O) groups excluding carboxylic acids is 1. The lowest BCUT2D eigenvalue weighted by Crippen LogP contribution is -2.29. The fourth-order valence-electron chi connectivity index (χ4n) is 4.74.